The van der Waals surface area contributed by atoms with Gasteiger partial charge in [-0.2, -0.15) is 0 Å². The third-order valence-corrected chi connectivity index (χ3v) is 6.02. The standard InChI is InChI=1S/C25H26FN3O3/c1-32-20-8-4-16(5-9-20)6-11-23(30)29-12-2-3-17(15-29)24-21(25(27)31)14-18-13-19(26)7-10-22(18)28-24/h4-5,7-10,13-14,17H,2-3,6,11-12,15H2,1H3,(H2,27,31)/t17-/m1/s1. The fraction of sp³-hybridized carbons (Fsp3) is 0.320. The molecule has 32 heavy (non-hydrogen) atoms. The van der Waals surface area contributed by atoms with E-state index in [0.717, 1.165) is 24.2 Å². The predicted octanol–water partition coefficient (Wildman–Crippen LogP) is 3.82. The number of methoxy groups -OCH3 is 1. The Morgan fingerprint density at radius 2 is 1.97 bits per heavy atom. The quantitative estimate of drug-likeness (QED) is 0.638. The van der Waals surface area contributed by atoms with E-state index in [1.54, 1.807) is 19.2 Å². The van der Waals surface area contributed by atoms with Gasteiger partial charge in [0.25, 0.3) is 5.91 Å². The maximum Gasteiger partial charge on any atom is 0.250 e. The number of pyridine rings is 1. The second-order valence-electron chi connectivity index (χ2n) is 8.15. The Bertz CT molecular complexity index is 1150. The van der Waals surface area contributed by atoms with Crippen LogP contribution in [0.2, 0.25) is 0 Å². The molecule has 1 atom stereocenters. The molecule has 0 aliphatic carbocycles. The molecule has 1 aliphatic heterocycles. The molecule has 0 unspecified atom stereocenters. The first-order chi connectivity index (χ1) is 15.4. The SMILES string of the molecule is COc1ccc(CCC(=O)N2CCC[C@@H](c3nc4ccc(F)cc4cc3C(N)=O)C2)cc1. The van der Waals surface area contributed by atoms with E-state index < -0.39 is 11.7 Å². The molecule has 1 aliphatic rings. The number of piperidine rings is 1. The number of primary amides is 1. The average Bonchev–Trinajstić information content (AvgIpc) is 2.82. The van der Waals surface area contributed by atoms with Crippen LogP contribution >= 0.6 is 0 Å². The van der Waals surface area contributed by atoms with E-state index in [4.69, 9.17) is 10.5 Å². The van der Waals surface area contributed by atoms with Crippen molar-refractivity contribution in [3.63, 3.8) is 0 Å². The summed E-state index contributed by atoms with van der Waals surface area (Å²) in [5, 5.41) is 0.533. The van der Waals surface area contributed by atoms with Gasteiger partial charge in [0.1, 0.15) is 11.6 Å². The molecule has 1 aromatic heterocycles. The Balaban J connectivity index is 1.49. The summed E-state index contributed by atoms with van der Waals surface area (Å²) in [7, 11) is 1.62. The third kappa shape index (κ3) is 4.72. The molecule has 0 spiro atoms. The molecule has 0 saturated carbocycles. The van der Waals surface area contributed by atoms with Crippen molar-refractivity contribution in [2.45, 2.75) is 31.6 Å². The molecule has 1 fully saturated rings. The van der Waals surface area contributed by atoms with Crippen LogP contribution in [0.4, 0.5) is 4.39 Å². The van der Waals surface area contributed by atoms with Crippen LogP contribution < -0.4 is 10.5 Å². The van der Waals surface area contributed by atoms with Crippen LogP contribution in [0, 0.1) is 5.82 Å². The minimum atomic E-state index is -0.596. The summed E-state index contributed by atoms with van der Waals surface area (Å²) < 4.78 is 18.8. The lowest BCUT2D eigenvalue weighted by molar-refractivity contribution is -0.132. The Morgan fingerprint density at radius 3 is 2.69 bits per heavy atom. The van der Waals surface area contributed by atoms with E-state index in [0.29, 0.717) is 48.1 Å². The van der Waals surface area contributed by atoms with Crippen molar-refractivity contribution in [2.75, 3.05) is 20.2 Å². The number of ether oxygens (including phenoxy) is 1. The molecule has 2 aromatic carbocycles. The fourth-order valence-electron chi connectivity index (χ4n) is 4.30. The summed E-state index contributed by atoms with van der Waals surface area (Å²) in [6.45, 7) is 1.17. The third-order valence-electron chi connectivity index (χ3n) is 6.02. The van der Waals surface area contributed by atoms with Crippen molar-refractivity contribution in [3.8, 4) is 5.75 Å². The summed E-state index contributed by atoms with van der Waals surface area (Å²) >= 11 is 0. The van der Waals surface area contributed by atoms with Crippen molar-refractivity contribution in [1.29, 1.82) is 0 Å². The first kappa shape index (κ1) is 21.7. The van der Waals surface area contributed by atoms with Crippen molar-refractivity contribution in [3.05, 3.63) is 71.2 Å². The van der Waals surface area contributed by atoms with Gasteiger partial charge in [0.05, 0.1) is 23.9 Å². The van der Waals surface area contributed by atoms with Gasteiger partial charge in [-0.05, 0) is 61.2 Å². The van der Waals surface area contributed by atoms with Crippen molar-refractivity contribution >= 4 is 22.7 Å². The minimum absolute atomic E-state index is 0.0778. The molecule has 4 rings (SSSR count). The van der Waals surface area contributed by atoms with Crippen LogP contribution in [0.1, 0.15) is 46.8 Å². The summed E-state index contributed by atoms with van der Waals surface area (Å²) in [5.41, 5.74) is 8.18. The van der Waals surface area contributed by atoms with E-state index >= 15 is 0 Å². The van der Waals surface area contributed by atoms with Crippen LogP contribution in [0.15, 0.2) is 48.5 Å². The second kappa shape index (κ2) is 9.34. The Kier molecular flexibility index (Phi) is 6.35. The maximum absolute atomic E-state index is 13.6. The van der Waals surface area contributed by atoms with E-state index in [1.165, 1.54) is 12.1 Å². The second-order valence-corrected chi connectivity index (χ2v) is 8.15. The van der Waals surface area contributed by atoms with E-state index in [1.807, 2.05) is 29.2 Å². The summed E-state index contributed by atoms with van der Waals surface area (Å²) in [4.78, 5) is 31.5. The number of halogens is 1. The molecular formula is C25H26FN3O3. The first-order valence-corrected chi connectivity index (χ1v) is 10.8. The van der Waals surface area contributed by atoms with Crippen molar-refractivity contribution in [2.24, 2.45) is 5.73 Å². The molecule has 0 bridgehead atoms. The van der Waals surface area contributed by atoms with Gasteiger partial charge in [-0.1, -0.05) is 12.1 Å². The molecular weight excluding hydrogens is 409 g/mol. The largest absolute Gasteiger partial charge is 0.497 e. The van der Waals surface area contributed by atoms with Gasteiger partial charge in [-0.3, -0.25) is 14.6 Å². The molecule has 1 saturated heterocycles. The molecule has 3 aromatic rings. The Morgan fingerprint density at radius 1 is 1.19 bits per heavy atom. The number of fused-ring (bicyclic) bond motifs is 1. The van der Waals surface area contributed by atoms with Crippen LogP contribution in [-0.4, -0.2) is 41.9 Å². The van der Waals surface area contributed by atoms with E-state index in [-0.39, 0.29) is 11.8 Å². The zero-order chi connectivity index (χ0) is 22.7. The van der Waals surface area contributed by atoms with Gasteiger partial charge in [-0.25, -0.2) is 4.39 Å². The number of hydrogen-bond donors (Lipinski definition) is 1. The van der Waals surface area contributed by atoms with Gasteiger partial charge in [0.15, 0.2) is 0 Å². The normalized spacial score (nSPS) is 16.2. The number of amides is 2. The van der Waals surface area contributed by atoms with Crippen LogP contribution in [0.3, 0.4) is 0 Å². The highest BCUT2D eigenvalue weighted by Gasteiger charge is 2.28. The highest BCUT2D eigenvalue weighted by molar-refractivity contribution is 5.97. The average molecular weight is 435 g/mol. The molecule has 6 nitrogen and oxygen atoms in total. The highest BCUT2D eigenvalue weighted by atomic mass is 19.1. The minimum Gasteiger partial charge on any atom is -0.497 e. The molecule has 166 valence electrons. The van der Waals surface area contributed by atoms with E-state index in [9.17, 15) is 14.0 Å². The Labute approximate surface area is 186 Å². The molecule has 7 heteroatoms. The fourth-order valence-corrected chi connectivity index (χ4v) is 4.30. The number of hydrogen-bond acceptors (Lipinski definition) is 4. The van der Waals surface area contributed by atoms with Gasteiger partial charge >= 0.3 is 0 Å². The zero-order valence-electron chi connectivity index (χ0n) is 18.0. The smallest absolute Gasteiger partial charge is 0.250 e. The maximum atomic E-state index is 13.6. The number of aryl methyl sites for hydroxylation is 1. The van der Waals surface area contributed by atoms with Gasteiger partial charge in [0, 0.05) is 30.8 Å². The number of carbonyl (C=O) groups is 2. The first-order valence-electron chi connectivity index (χ1n) is 10.8. The van der Waals surface area contributed by atoms with E-state index in [2.05, 4.69) is 4.98 Å². The monoisotopic (exact) mass is 435 g/mol. The number of benzene rings is 2. The number of likely N-dealkylation sites (tertiary alicyclic amines) is 1. The lowest BCUT2D eigenvalue weighted by Crippen LogP contribution is -2.40. The van der Waals surface area contributed by atoms with Crippen molar-refractivity contribution < 1.29 is 18.7 Å². The summed E-state index contributed by atoms with van der Waals surface area (Å²) in [6, 6.07) is 13.6. The van der Waals surface area contributed by atoms with Gasteiger partial charge < -0.3 is 15.4 Å². The molecule has 2 heterocycles. The number of carbonyl (C=O) groups excluding carboxylic acids is 2. The van der Waals surface area contributed by atoms with Crippen LogP contribution in [0.5, 0.6) is 5.75 Å². The topological polar surface area (TPSA) is 85.5 Å². The molecule has 0 radical (unpaired) electrons. The predicted molar refractivity (Wildman–Crippen MR) is 120 cm³/mol. The highest BCUT2D eigenvalue weighted by Crippen LogP contribution is 2.30. The number of rotatable bonds is 6. The van der Waals surface area contributed by atoms with Crippen molar-refractivity contribution in [1.82, 2.24) is 9.88 Å². The number of aromatic nitrogens is 1. The number of nitrogens with zero attached hydrogens (tertiary/aromatic N) is 2. The van der Waals surface area contributed by atoms with Crippen LogP contribution in [0.25, 0.3) is 10.9 Å². The number of nitrogens with two attached hydrogens (primary N) is 1. The van der Waals surface area contributed by atoms with Crippen LogP contribution in [-0.2, 0) is 11.2 Å². The molecule has 2 N–H and O–H groups in total. The summed E-state index contributed by atoms with van der Waals surface area (Å²) in [5.74, 6) is -0.218. The lowest BCUT2D eigenvalue weighted by Gasteiger charge is -2.33. The summed E-state index contributed by atoms with van der Waals surface area (Å²) in [6.07, 6.45) is 2.69. The van der Waals surface area contributed by atoms with Gasteiger partial charge in [0.2, 0.25) is 5.91 Å². The zero-order valence-corrected chi connectivity index (χ0v) is 18.0. The lowest BCUT2D eigenvalue weighted by atomic mass is 9.90. The molecule has 2 amide bonds. The van der Waals surface area contributed by atoms with Gasteiger partial charge in [-0.15, -0.1) is 0 Å². The Hall–Kier alpha value is -3.48.